The molecule has 0 radical (unpaired) electrons. The summed E-state index contributed by atoms with van der Waals surface area (Å²) in [6, 6.07) is -2.38. The zero-order chi connectivity index (χ0) is 16.7. The maximum absolute atomic E-state index is 12.8. The fourth-order valence-corrected chi connectivity index (χ4v) is 4.01. The first kappa shape index (κ1) is 16.8. The predicted octanol–water partition coefficient (Wildman–Crippen LogP) is 2.31. The molecule has 3 fully saturated rings. The molecular formula is C15H23F3N2O3. The molecule has 3 unspecified atom stereocenters. The number of amides is 2. The second kappa shape index (κ2) is 6.12. The fraction of sp³-hybridized carbons (Fsp3) is 0.933. The zero-order valence-corrected chi connectivity index (χ0v) is 13.2. The van der Waals surface area contributed by atoms with Gasteiger partial charge in [0.1, 0.15) is 6.04 Å². The van der Waals surface area contributed by atoms with Crippen LogP contribution < -0.4 is 5.32 Å². The molecule has 23 heavy (non-hydrogen) atoms. The third kappa shape index (κ3) is 2.91. The Bertz CT molecular complexity index is 452. The van der Waals surface area contributed by atoms with Crippen LogP contribution in [0, 0.1) is 5.41 Å². The van der Waals surface area contributed by atoms with E-state index in [-0.39, 0.29) is 30.5 Å². The molecule has 0 aromatic carbocycles. The standard InChI is InChI=1S/C15H23F3N2O3/c1-2-23-12-9-10(14(12)4-7-22-8-5-14)19-13(21)20-6-3-11(20)15(16,17)18/h10-12H,2-9H2,1H3,(H,19,21). The normalized spacial score (nSPS) is 33.0. The quantitative estimate of drug-likeness (QED) is 0.860. The number of nitrogens with one attached hydrogen (secondary N) is 1. The predicted molar refractivity (Wildman–Crippen MR) is 76.0 cm³/mol. The summed E-state index contributed by atoms with van der Waals surface area (Å²) in [7, 11) is 0. The highest BCUT2D eigenvalue weighted by molar-refractivity contribution is 5.76. The van der Waals surface area contributed by atoms with Gasteiger partial charge in [0, 0.05) is 37.8 Å². The van der Waals surface area contributed by atoms with Crippen molar-refractivity contribution in [3.63, 3.8) is 0 Å². The molecule has 3 aliphatic rings. The number of carbonyl (C=O) groups is 1. The van der Waals surface area contributed by atoms with E-state index in [1.165, 1.54) is 0 Å². The Morgan fingerprint density at radius 3 is 2.61 bits per heavy atom. The van der Waals surface area contributed by atoms with Gasteiger partial charge in [-0.15, -0.1) is 0 Å². The van der Waals surface area contributed by atoms with E-state index in [0.717, 1.165) is 17.7 Å². The Hall–Kier alpha value is -1.02. The van der Waals surface area contributed by atoms with Crippen molar-refractivity contribution in [1.29, 1.82) is 0 Å². The largest absolute Gasteiger partial charge is 0.408 e. The summed E-state index contributed by atoms with van der Waals surface area (Å²) in [5, 5.41) is 2.82. The van der Waals surface area contributed by atoms with Crippen LogP contribution in [-0.2, 0) is 9.47 Å². The van der Waals surface area contributed by atoms with E-state index >= 15 is 0 Å². The summed E-state index contributed by atoms with van der Waals surface area (Å²) in [4.78, 5) is 13.1. The van der Waals surface area contributed by atoms with Gasteiger partial charge < -0.3 is 19.7 Å². The summed E-state index contributed by atoms with van der Waals surface area (Å²) < 4.78 is 49.5. The molecule has 1 aliphatic carbocycles. The molecule has 1 spiro atoms. The van der Waals surface area contributed by atoms with Crippen molar-refractivity contribution in [1.82, 2.24) is 10.2 Å². The maximum atomic E-state index is 12.8. The Morgan fingerprint density at radius 2 is 2.09 bits per heavy atom. The lowest BCUT2D eigenvalue weighted by Crippen LogP contribution is -2.69. The molecule has 5 nitrogen and oxygen atoms in total. The number of alkyl halides is 3. The number of hydrogen-bond donors (Lipinski definition) is 1. The number of carbonyl (C=O) groups excluding carboxylic acids is 1. The molecule has 2 aliphatic heterocycles. The van der Waals surface area contributed by atoms with Crippen LogP contribution in [0.15, 0.2) is 0 Å². The van der Waals surface area contributed by atoms with E-state index in [1.807, 2.05) is 6.92 Å². The van der Waals surface area contributed by atoms with Gasteiger partial charge in [0.2, 0.25) is 0 Å². The highest BCUT2D eigenvalue weighted by atomic mass is 19.4. The average molecular weight is 336 g/mol. The number of ether oxygens (including phenoxy) is 2. The van der Waals surface area contributed by atoms with E-state index in [1.54, 1.807) is 0 Å². The lowest BCUT2D eigenvalue weighted by atomic mass is 9.57. The number of urea groups is 1. The summed E-state index contributed by atoms with van der Waals surface area (Å²) in [6.07, 6.45) is -2.11. The van der Waals surface area contributed by atoms with Crippen LogP contribution >= 0.6 is 0 Å². The van der Waals surface area contributed by atoms with Crippen LogP contribution in [-0.4, -0.2) is 61.7 Å². The van der Waals surface area contributed by atoms with Crippen molar-refractivity contribution >= 4 is 6.03 Å². The van der Waals surface area contributed by atoms with Crippen molar-refractivity contribution in [3.05, 3.63) is 0 Å². The molecule has 3 atom stereocenters. The molecule has 0 aromatic heterocycles. The minimum absolute atomic E-state index is 0.0118. The lowest BCUT2D eigenvalue weighted by molar-refractivity contribution is -0.201. The van der Waals surface area contributed by atoms with Crippen molar-refractivity contribution < 1.29 is 27.4 Å². The van der Waals surface area contributed by atoms with E-state index in [9.17, 15) is 18.0 Å². The van der Waals surface area contributed by atoms with Crippen LogP contribution in [0.3, 0.4) is 0 Å². The molecular weight excluding hydrogens is 313 g/mol. The van der Waals surface area contributed by atoms with Gasteiger partial charge in [0.15, 0.2) is 0 Å². The van der Waals surface area contributed by atoms with Crippen LogP contribution in [0.5, 0.6) is 0 Å². The van der Waals surface area contributed by atoms with Gasteiger partial charge in [-0.05, 0) is 32.6 Å². The molecule has 0 aromatic rings. The van der Waals surface area contributed by atoms with Crippen molar-refractivity contribution in [2.24, 2.45) is 5.41 Å². The minimum atomic E-state index is -4.35. The highest BCUT2D eigenvalue weighted by Crippen LogP contribution is 2.50. The van der Waals surface area contributed by atoms with Gasteiger partial charge in [0.05, 0.1) is 6.10 Å². The molecule has 2 heterocycles. The number of hydrogen-bond acceptors (Lipinski definition) is 3. The van der Waals surface area contributed by atoms with Gasteiger partial charge in [-0.25, -0.2) is 4.79 Å². The Kier molecular flexibility index (Phi) is 4.48. The van der Waals surface area contributed by atoms with Gasteiger partial charge >= 0.3 is 12.2 Å². The van der Waals surface area contributed by atoms with Crippen molar-refractivity contribution in [2.75, 3.05) is 26.4 Å². The molecule has 1 saturated carbocycles. The zero-order valence-electron chi connectivity index (χ0n) is 13.2. The first-order chi connectivity index (χ1) is 10.9. The van der Waals surface area contributed by atoms with Crippen LogP contribution in [0.4, 0.5) is 18.0 Å². The van der Waals surface area contributed by atoms with Gasteiger partial charge in [0.25, 0.3) is 0 Å². The monoisotopic (exact) mass is 336 g/mol. The maximum Gasteiger partial charge on any atom is 0.408 e. The average Bonchev–Trinajstić information content (AvgIpc) is 2.44. The number of rotatable bonds is 3. The topological polar surface area (TPSA) is 50.8 Å². The molecule has 2 amide bonds. The minimum Gasteiger partial charge on any atom is -0.381 e. The first-order valence-corrected chi connectivity index (χ1v) is 8.21. The summed E-state index contributed by atoms with van der Waals surface area (Å²) in [5.41, 5.74) is -0.192. The molecule has 0 bridgehead atoms. The number of nitrogens with zero attached hydrogens (tertiary/aromatic N) is 1. The van der Waals surface area contributed by atoms with E-state index in [0.29, 0.717) is 26.2 Å². The summed E-state index contributed by atoms with van der Waals surface area (Å²) in [5.74, 6) is 0. The Labute approximate surface area is 133 Å². The Morgan fingerprint density at radius 1 is 1.39 bits per heavy atom. The molecule has 3 rings (SSSR count). The molecule has 2 saturated heterocycles. The van der Waals surface area contributed by atoms with Gasteiger partial charge in [-0.2, -0.15) is 13.2 Å². The SMILES string of the molecule is CCOC1CC(NC(=O)N2CCC2C(F)(F)F)C12CCOCC2. The third-order valence-electron chi connectivity index (χ3n) is 5.53. The van der Waals surface area contributed by atoms with E-state index in [4.69, 9.17) is 9.47 Å². The smallest absolute Gasteiger partial charge is 0.381 e. The van der Waals surface area contributed by atoms with Crippen LogP contribution in [0.2, 0.25) is 0 Å². The summed E-state index contributed by atoms with van der Waals surface area (Å²) >= 11 is 0. The van der Waals surface area contributed by atoms with Crippen molar-refractivity contribution in [2.45, 2.75) is 57.0 Å². The second-order valence-electron chi connectivity index (χ2n) is 6.57. The third-order valence-corrected chi connectivity index (χ3v) is 5.53. The molecule has 132 valence electrons. The highest BCUT2D eigenvalue weighted by Gasteiger charge is 2.58. The fourth-order valence-electron chi connectivity index (χ4n) is 4.01. The van der Waals surface area contributed by atoms with Crippen molar-refractivity contribution in [3.8, 4) is 0 Å². The van der Waals surface area contributed by atoms with Crippen LogP contribution in [0.1, 0.15) is 32.6 Å². The molecule has 1 N–H and O–H groups in total. The van der Waals surface area contributed by atoms with Gasteiger partial charge in [-0.1, -0.05) is 0 Å². The first-order valence-electron chi connectivity index (χ1n) is 8.21. The van der Waals surface area contributed by atoms with E-state index < -0.39 is 18.2 Å². The van der Waals surface area contributed by atoms with Gasteiger partial charge in [-0.3, -0.25) is 0 Å². The second-order valence-corrected chi connectivity index (χ2v) is 6.57. The number of halogens is 3. The Balaban J connectivity index is 1.62. The van der Waals surface area contributed by atoms with Crippen LogP contribution in [0.25, 0.3) is 0 Å². The van der Waals surface area contributed by atoms with E-state index in [2.05, 4.69) is 5.32 Å². The lowest BCUT2D eigenvalue weighted by Gasteiger charge is -2.57. The summed E-state index contributed by atoms with van der Waals surface area (Å²) in [6.45, 7) is 3.88. The number of likely N-dealkylation sites (tertiary alicyclic amines) is 1. The molecule has 8 heteroatoms.